The maximum atomic E-state index is 11.5. The van der Waals surface area contributed by atoms with Gasteiger partial charge in [-0.2, -0.15) is 0 Å². The first-order valence-electron chi connectivity index (χ1n) is 9.99. The van der Waals surface area contributed by atoms with E-state index in [9.17, 15) is 18.7 Å². The van der Waals surface area contributed by atoms with E-state index < -0.39 is 15.2 Å². The summed E-state index contributed by atoms with van der Waals surface area (Å²) in [6.07, 6.45) is 7.10. The van der Waals surface area contributed by atoms with Gasteiger partial charge in [0.2, 0.25) is 0 Å². The predicted octanol–water partition coefficient (Wildman–Crippen LogP) is 5.46. The molecule has 0 rings (SSSR count). The SMILES string of the molecule is CCCCCC(=O)CP(=O)(OC)OC.CCCCCC(=O)OC.COP(C)(=O)OC. The first-order chi connectivity index (χ1) is 14.0. The third-order valence-electron chi connectivity index (χ3n) is 3.86. The zero-order chi connectivity index (χ0) is 24.1. The number of carbonyl (C=O) groups is 2. The van der Waals surface area contributed by atoms with Crippen molar-refractivity contribution in [3.05, 3.63) is 0 Å². The average molecular weight is 476 g/mol. The largest absolute Gasteiger partial charge is 0.469 e. The van der Waals surface area contributed by atoms with Gasteiger partial charge in [-0.3, -0.25) is 18.7 Å². The molecule has 9 nitrogen and oxygen atoms in total. The molecule has 30 heavy (non-hydrogen) atoms. The van der Waals surface area contributed by atoms with Crippen LogP contribution in [0.5, 0.6) is 0 Å². The van der Waals surface area contributed by atoms with E-state index >= 15 is 0 Å². The highest BCUT2D eigenvalue weighted by molar-refractivity contribution is 7.54. The van der Waals surface area contributed by atoms with Crippen molar-refractivity contribution in [2.45, 2.75) is 65.2 Å². The third-order valence-corrected chi connectivity index (χ3v) is 7.04. The Balaban J connectivity index is -0.000000393. The molecule has 0 radical (unpaired) electrons. The molecule has 0 aliphatic rings. The van der Waals surface area contributed by atoms with Crippen LogP contribution in [-0.2, 0) is 41.6 Å². The first-order valence-corrected chi connectivity index (χ1v) is 13.7. The van der Waals surface area contributed by atoms with Crippen LogP contribution >= 0.6 is 15.2 Å². The van der Waals surface area contributed by atoms with Gasteiger partial charge >= 0.3 is 21.2 Å². The molecule has 0 aromatic carbocycles. The molecule has 0 spiro atoms. The van der Waals surface area contributed by atoms with E-state index in [-0.39, 0.29) is 17.9 Å². The zero-order valence-electron chi connectivity index (χ0n) is 19.9. The third kappa shape index (κ3) is 23.7. The van der Waals surface area contributed by atoms with E-state index in [1.807, 2.05) is 0 Å². The number of rotatable bonds is 14. The van der Waals surface area contributed by atoms with E-state index in [2.05, 4.69) is 36.7 Å². The van der Waals surface area contributed by atoms with Crippen LogP contribution in [-0.4, -0.2) is 60.1 Å². The summed E-state index contributed by atoms with van der Waals surface area (Å²) in [6, 6.07) is 0. The summed E-state index contributed by atoms with van der Waals surface area (Å²) >= 11 is 0. The highest BCUT2D eigenvalue weighted by atomic mass is 31.2. The molecule has 0 aliphatic carbocycles. The van der Waals surface area contributed by atoms with E-state index in [1.54, 1.807) is 0 Å². The van der Waals surface area contributed by atoms with E-state index in [1.165, 1.54) is 42.2 Å². The van der Waals surface area contributed by atoms with Crippen LogP contribution in [0.3, 0.4) is 0 Å². The van der Waals surface area contributed by atoms with Gasteiger partial charge in [-0.05, 0) is 12.8 Å². The zero-order valence-corrected chi connectivity index (χ0v) is 21.7. The van der Waals surface area contributed by atoms with Crippen LogP contribution in [0.15, 0.2) is 0 Å². The second-order valence-corrected chi connectivity index (χ2v) is 10.8. The molecule has 0 heterocycles. The Hall–Kier alpha value is -0.560. The van der Waals surface area contributed by atoms with Gasteiger partial charge in [0.15, 0.2) is 0 Å². The van der Waals surface area contributed by atoms with Crippen molar-refractivity contribution in [2.24, 2.45) is 0 Å². The van der Waals surface area contributed by atoms with Crippen molar-refractivity contribution in [1.29, 1.82) is 0 Å². The molecule has 0 N–H and O–H groups in total. The fourth-order valence-electron chi connectivity index (χ4n) is 1.77. The molecule has 0 saturated carbocycles. The summed E-state index contributed by atoms with van der Waals surface area (Å²) in [7, 11) is 0.929. The summed E-state index contributed by atoms with van der Waals surface area (Å²) in [6.45, 7) is 5.59. The number of unbranched alkanes of at least 4 members (excludes halogenated alkanes) is 4. The lowest BCUT2D eigenvalue weighted by molar-refractivity contribution is -0.140. The Bertz CT molecular complexity index is 508. The molecule has 0 aromatic rings. The van der Waals surface area contributed by atoms with Crippen LogP contribution in [0, 0.1) is 0 Å². The predicted molar refractivity (Wildman–Crippen MR) is 119 cm³/mol. The van der Waals surface area contributed by atoms with Crippen molar-refractivity contribution < 1.29 is 41.6 Å². The van der Waals surface area contributed by atoms with Gasteiger partial charge in [0.1, 0.15) is 11.9 Å². The van der Waals surface area contributed by atoms with Crippen molar-refractivity contribution in [3.8, 4) is 0 Å². The minimum absolute atomic E-state index is 0.0505. The molecule has 0 bridgehead atoms. The van der Waals surface area contributed by atoms with Gasteiger partial charge in [0, 0.05) is 47.9 Å². The highest BCUT2D eigenvalue weighted by Crippen LogP contribution is 2.46. The number of hydrogen-bond acceptors (Lipinski definition) is 9. The minimum Gasteiger partial charge on any atom is -0.469 e. The number of Topliss-reactive ketones (excluding diaryl/α,β-unsaturated/α-hetero) is 1. The van der Waals surface area contributed by atoms with Crippen molar-refractivity contribution in [1.82, 2.24) is 0 Å². The van der Waals surface area contributed by atoms with E-state index in [0.29, 0.717) is 12.8 Å². The Morgan fingerprint density at radius 2 is 1.13 bits per heavy atom. The maximum Gasteiger partial charge on any atom is 0.337 e. The quantitative estimate of drug-likeness (QED) is 0.183. The lowest BCUT2D eigenvalue weighted by Crippen LogP contribution is -2.07. The highest BCUT2D eigenvalue weighted by Gasteiger charge is 2.24. The molecular formula is C19H42O9P2. The first kappa shape index (κ1) is 34.1. The average Bonchev–Trinajstić information content (AvgIpc) is 2.74. The summed E-state index contributed by atoms with van der Waals surface area (Å²) < 4.78 is 44.7. The number of methoxy groups -OCH3 is 1. The Morgan fingerprint density at radius 1 is 0.700 bits per heavy atom. The van der Waals surface area contributed by atoms with Crippen molar-refractivity contribution in [3.63, 3.8) is 0 Å². The fourth-order valence-corrected chi connectivity index (χ4v) is 2.91. The van der Waals surface area contributed by atoms with Crippen molar-refractivity contribution in [2.75, 3.05) is 48.4 Å². The number of ketones is 1. The molecule has 11 heteroatoms. The van der Waals surface area contributed by atoms with E-state index in [4.69, 9.17) is 0 Å². The number of esters is 1. The molecule has 0 aromatic heterocycles. The normalized spacial score (nSPS) is 10.9. The molecule has 0 atom stereocenters. The molecule has 0 fully saturated rings. The van der Waals surface area contributed by atoms with Crippen LogP contribution in [0.25, 0.3) is 0 Å². The van der Waals surface area contributed by atoms with Gasteiger partial charge in [0.25, 0.3) is 0 Å². The van der Waals surface area contributed by atoms with Gasteiger partial charge in [-0.15, -0.1) is 0 Å². The van der Waals surface area contributed by atoms with Gasteiger partial charge in [0.05, 0.1) is 7.11 Å². The monoisotopic (exact) mass is 476 g/mol. The number of ether oxygens (including phenoxy) is 1. The molecule has 0 amide bonds. The van der Waals surface area contributed by atoms with Crippen molar-refractivity contribution >= 4 is 26.9 Å². The summed E-state index contributed by atoms with van der Waals surface area (Å²) in [4.78, 5) is 21.8. The lowest BCUT2D eigenvalue weighted by atomic mass is 10.2. The summed E-state index contributed by atoms with van der Waals surface area (Å²) in [5.41, 5.74) is 0. The van der Waals surface area contributed by atoms with Gasteiger partial charge < -0.3 is 22.8 Å². The van der Waals surface area contributed by atoms with Gasteiger partial charge in [-0.1, -0.05) is 39.5 Å². The Labute approximate surface area is 182 Å². The molecule has 0 aliphatic heterocycles. The molecule has 182 valence electrons. The Morgan fingerprint density at radius 3 is 1.43 bits per heavy atom. The number of hydrogen-bond donors (Lipinski definition) is 0. The maximum absolute atomic E-state index is 11.5. The number of carbonyl (C=O) groups excluding carboxylic acids is 2. The van der Waals surface area contributed by atoms with Crippen LogP contribution < -0.4 is 0 Å². The van der Waals surface area contributed by atoms with Crippen LogP contribution in [0.4, 0.5) is 0 Å². The van der Waals surface area contributed by atoms with Gasteiger partial charge in [-0.25, -0.2) is 0 Å². The van der Waals surface area contributed by atoms with E-state index in [0.717, 1.165) is 38.5 Å². The second kappa shape index (κ2) is 21.7. The Kier molecular flexibility index (Phi) is 24.6. The van der Waals surface area contributed by atoms with Crippen LogP contribution in [0.1, 0.15) is 65.2 Å². The summed E-state index contributed by atoms with van der Waals surface area (Å²) in [5.74, 6) is -0.145. The lowest BCUT2D eigenvalue weighted by Gasteiger charge is -2.12. The minimum atomic E-state index is -3.14. The standard InChI is InChI=1S/C9H19O4P.C7H14O2.C3H9O3P/c1-4-5-6-7-9(10)8-14(11,12-2)13-3;1-3-4-5-6-7(8)9-2;1-5-7(3,4)6-2/h4-8H2,1-3H3;3-6H2,1-2H3;1-3H3. The van der Waals surface area contributed by atoms with Crippen LogP contribution in [0.2, 0.25) is 0 Å². The molecule has 0 saturated heterocycles. The molecule has 0 unspecified atom stereocenters. The molecular weight excluding hydrogens is 434 g/mol. The fraction of sp³-hybridized carbons (Fsp3) is 0.895. The smallest absolute Gasteiger partial charge is 0.337 e. The summed E-state index contributed by atoms with van der Waals surface area (Å²) in [5, 5.41) is 0. The second-order valence-electron chi connectivity index (χ2n) is 6.30. The topological polar surface area (TPSA) is 114 Å².